The SMILES string of the molecule is Cc1ccc(C(C)NCC2(N(C)C)CCCC2)c(C)c1. The average molecular weight is 274 g/mol. The number of aryl methyl sites for hydroxylation is 2. The first-order chi connectivity index (χ1) is 9.44. The lowest BCUT2D eigenvalue weighted by Crippen LogP contribution is -2.50. The lowest BCUT2D eigenvalue weighted by Gasteiger charge is -2.37. The van der Waals surface area contributed by atoms with E-state index < -0.39 is 0 Å². The van der Waals surface area contributed by atoms with E-state index in [0.29, 0.717) is 11.6 Å². The van der Waals surface area contributed by atoms with Gasteiger partial charge in [-0.05, 0) is 58.8 Å². The summed E-state index contributed by atoms with van der Waals surface area (Å²) in [7, 11) is 4.46. The van der Waals surface area contributed by atoms with Gasteiger partial charge < -0.3 is 10.2 Å². The number of hydrogen-bond donors (Lipinski definition) is 1. The minimum absolute atomic E-state index is 0.368. The monoisotopic (exact) mass is 274 g/mol. The van der Waals surface area contributed by atoms with Gasteiger partial charge in [0, 0.05) is 18.1 Å². The summed E-state index contributed by atoms with van der Waals surface area (Å²) in [5.41, 5.74) is 4.55. The zero-order valence-electron chi connectivity index (χ0n) is 13.8. The van der Waals surface area contributed by atoms with Crippen LogP contribution in [0.15, 0.2) is 18.2 Å². The van der Waals surface area contributed by atoms with Crippen LogP contribution in [-0.4, -0.2) is 31.1 Å². The summed E-state index contributed by atoms with van der Waals surface area (Å²) in [4.78, 5) is 2.43. The molecule has 0 aromatic heterocycles. The van der Waals surface area contributed by atoms with Crippen LogP contribution in [0.4, 0.5) is 0 Å². The van der Waals surface area contributed by atoms with E-state index in [4.69, 9.17) is 0 Å². The van der Waals surface area contributed by atoms with Crippen molar-refractivity contribution in [3.63, 3.8) is 0 Å². The van der Waals surface area contributed by atoms with Crippen LogP contribution in [0.2, 0.25) is 0 Å². The minimum Gasteiger partial charge on any atom is -0.308 e. The molecule has 0 radical (unpaired) electrons. The highest BCUT2D eigenvalue weighted by atomic mass is 15.2. The molecule has 0 amide bonds. The molecule has 20 heavy (non-hydrogen) atoms. The highest BCUT2D eigenvalue weighted by molar-refractivity contribution is 5.32. The molecule has 2 heteroatoms. The van der Waals surface area contributed by atoms with Crippen molar-refractivity contribution in [1.29, 1.82) is 0 Å². The van der Waals surface area contributed by atoms with Crippen LogP contribution in [0.3, 0.4) is 0 Å². The van der Waals surface area contributed by atoms with Crippen LogP contribution in [0.25, 0.3) is 0 Å². The number of nitrogens with zero attached hydrogens (tertiary/aromatic N) is 1. The Bertz CT molecular complexity index is 445. The summed E-state index contributed by atoms with van der Waals surface area (Å²) in [6.07, 6.45) is 5.40. The maximum atomic E-state index is 3.78. The Labute approximate surface area is 124 Å². The molecule has 1 unspecified atom stereocenters. The molecule has 1 aliphatic rings. The second-order valence-electron chi connectivity index (χ2n) is 6.79. The quantitative estimate of drug-likeness (QED) is 0.878. The molecule has 2 rings (SSSR count). The zero-order chi connectivity index (χ0) is 14.8. The number of nitrogens with one attached hydrogen (secondary N) is 1. The lowest BCUT2D eigenvalue weighted by atomic mass is 9.94. The smallest absolute Gasteiger partial charge is 0.0328 e. The number of hydrogen-bond acceptors (Lipinski definition) is 2. The largest absolute Gasteiger partial charge is 0.308 e. The van der Waals surface area contributed by atoms with Gasteiger partial charge in [0.25, 0.3) is 0 Å². The molecule has 0 saturated heterocycles. The van der Waals surface area contributed by atoms with Gasteiger partial charge in [0.05, 0.1) is 0 Å². The summed E-state index contributed by atoms with van der Waals surface area (Å²) < 4.78 is 0. The number of likely N-dealkylation sites (N-methyl/N-ethyl adjacent to an activating group) is 1. The Morgan fingerprint density at radius 2 is 1.85 bits per heavy atom. The fourth-order valence-electron chi connectivity index (χ4n) is 3.58. The molecule has 1 aromatic rings. The minimum atomic E-state index is 0.368. The van der Waals surface area contributed by atoms with Crippen LogP contribution in [0.5, 0.6) is 0 Å². The van der Waals surface area contributed by atoms with E-state index in [9.17, 15) is 0 Å². The number of benzene rings is 1. The molecule has 2 nitrogen and oxygen atoms in total. The normalized spacial score (nSPS) is 19.5. The fourth-order valence-corrected chi connectivity index (χ4v) is 3.58. The molecule has 1 N–H and O–H groups in total. The molecule has 1 fully saturated rings. The first-order valence-electron chi connectivity index (χ1n) is 7.92. The Morgan fingerprint density at radius 3 is 2.40 bits per heavy atom. The third kappa shape index (κ3) is 3.24. The maximum absolute atomic E-state index is 3.78. The molecule has 0 bridgehead atoms. The maximum Gasteiger partial charge on any atom is 0.0328 e. The van der Waals surface area contributed by atoms with Gasteiger partial charge in [-0.15, -0.1) is 0 Å². The van der Waals surface area contributed by atoms with Gasteiger partial charge in [0.2, 0.25) is 0 Å². The third-order valence-corrected chi connectivity index (χ3v) is 5.11. The first-order valence-corrected chi connectivity index (χ1v) is 7.92. The molecule has 0 heterocycles. The van der Waals surface area contributed by atoms with E-state index in [2.05, 4.69) is 63.3 Å². The van der Waals surface area contributed by atoms with E-state index in [1.54, 1.807) is 0 Å². The molecular formula is C18H30N2. The predicted molar refractivity (Wildman–Crippen MR) is 87.2 cm³/mol. The van der Waals surface area contributed by atoms with Crippen LogP contribution in [0, 0.1) is 13.8 Å². The Kier molecular flexibility index (Phi) is 4.87. The predicted octanol–water partition coefficient (Wildman–Crippen LogP) is 3.83. The third-order valence-electron chi connectivity index (χ3n) is 5.11. The van der Waals surface area contributed by atoms with Gasteiger partial charge in [-0.3, -0.25) is 0 Å². The highest BCUT2D eigenvalue weighted by Crippen LogP contribution is 2.33. The van der Waals surface area contributed by atoms with E-state index in [1.165, 1.54) is 42.4 Å². The number of rotatable bonds is 5. The second kappa shape index (κ2) is 6.28. The summed E-state index contributed by atoms with van der Waals surface area (Å²) >= 11 is 0. The van der Waals surface area contributed by atoms with Crippen LogP contribution in [0.1, 0.15) is 55.3 Å². The molecule has 1 atom stereocenters. The summed E-state index contributed by atoms with van der Waals surface area (Å²) in [5.74, 6) is 0. The topological polar surface area (TPSA) is 15.3 Å². The molecule has 0 spiro atoms. The van der Waals surface area contributed by atoms with Gasteiger partial charge >= 0.3 is 0 Å². The summed E-state index contributed by atoms with van der Waals surface area (Å²) in [6, 6.07) is 7.20. The van der Waals surface area contributed by atoms with E-state index >= 15 is 0 Å². The molecule has 1 aliphatic carbocycles. The van der Waals surface area contributed by atoms with Crippen molar-refractivity contribution in [3.05, 3.63) is 34.9 Å². The average Bonchev–Trinajstić information content (AvgIpc) is 2.86. The molecule has 112 valence electrons. The van der Waals surface area contributed by atoms with E-state index in [1.807, 2.05) is 0 Å². The van der Waals surface area contributed by atoms with Crippen molar-refractivity contribution in [2.45, 2.75) is 58.0 Å². The van der Waals surface area contributed by atoms with Gasteiger partial charge in [-0.1, -0.05) is 36.6 Å². The Morgan fingerprint density at radius 1 is 1.20 bits per heavy atom. The van der Waals surface area contributed by atoms with Crippen molar-refractivity contribution in [2.75, 3.05) is 20.6 Å². The van der Waals surface area contributed by atoms with Gasteiger partial charge in [-0.2, -0.15) is 0 Å². The zero-order valence-corrected chi connectivity index (χ0v) is 13.8. The first kappa shape index (κ1) is 15.5. The van der Waals surface area contributed by atoms with Gasteiger partial charge in [0.15, 0.2) is 0 Å². The van der Waals surface area contributed by atoms with Crippen molar-refractivity contribution < 1.29 is 0 Å². The van der Waals surface area contributed by atoms with E-state index in [0.717, 1.165) is 6.54 Å². The molecule has 1 aromatic carbocycles. The van der Waals surface area contributed by atoms with Crippen molar-refractivity contribution in [3.8, 4) is 0 Å². The van der Waals surface area contributed by atoms with Crippen molar-refractivity contribution in [1.82, 2.24) is 10.2 Å². The molecule has 1 saturated carbocycles. The van der Waals surface area contributed by atoms with Crippen LogP contribution >= 0.6 is 0 Å². The van der Waals surface area contributed by atoms with Crippen LogP contribution in [-0.2, 0) is 0 Å². The van der Waals surface area contributed by atoms with Crippen molar-refractivity contribution >= 4 is 0 Å². The fraction of sp³-hybridized carbons (Fsp3) is 0.667. The lowest BCUT2D eigenvalue weighted by molar-refractivity contribution is 0.150. The molecular weight excluding hydrogens is 244 g/mol. The van der Waals surface area contributed by atoms with Crippen LogP contribution < -0.4 is 5.32 Å². The van der Waals surface area contributed by atoms with Gasteiger partial charge in [0.1, 0.15) is 0 Å². The van der Waals surface area contributed by atoms with Crippen molar-refractivity contribution in [2.24, 2.45) is 0 Å². The second-order valence-corrected chi connectivity index (χ2v) is 6.79. The summed E-state index contributed by atoms with van der Waals surface area (Å²) in [6.45, 7) is 7.76. The van der Waals surface area contributed by atoms with E-state index in [-0.39, 0.29) is 0 Å². The Balaban J connectivity index is 2.02. The highest BCUT2D eigenvalue weighted by Gasteiger charge is 2.35. The molecule has 0 aliphatic heterocycles. The Hall–Kier alpha value is -0.860. The van der Waals surface area contributed by atoms with Gasteiger partial charge in [-0.25, -0.2) is 0 Å². The summed E-state index contributed by atoms with van der Waals surface area (Å²) in [5, 5.41) is 3.78. The standard InChI is InChI=1S/C18H30N2/c1-14-8-9-17(15(2)12-14)16(3)19-13-18(20(4)5)10-6-7-11-18/h8-9,12,16,19H,6-7,10-11,13H2,1-5H3.